The third-order valence-corrected chi connectivity index (χ3v) is 11.1. The molecule has 0 saturated carbocycles. The van der Waals surface area contributed by atoms with Gasteiger partial charge in [0.25, 0.3) is 0 Å². The molecule has 1 fully saturated rings. The number of aromatic nitrogens is 2. The maximum atomic E-state index is 6.11. The Morgan fingerprint density at radius 1 is 0.870 bits per heavy atom. The molecule has 0 bridgehead atoms. The average Bonchev–Trinajstić information content (AvgIpc) is 3.30. The highest BCUT2D eigenvalue weighted by Gasteiger charge is 2.22. The van der Waals surface area contributed by atoms with E-state index in [0.29, 0.717) is 55.0 Å². The maximum Gasteiger partial charge on any atom is 0.163 e. The number of fused-ring (bicyclic) bond motifs is 1. The Morgan fingerprint density at radius 2 is 1.59 bits per heavy atom. The van der Waals surface area contributed by atoms with Crippen LogP contribution in [-0.4, -0.2) is 72.6 Å². The molecule has 242 valence electrons. The van der Waals surface area contributed by atoms with Gasteiger partial charge in [-0.2, -0.15) is 23.5 Å². The van der Waals surface area contributed by atoms with E-state index in [1.54, 1.807) is 20.5 Å². The molecule has 4 aromatic rings. The van der Waals surface area contributed by atoms with Crippen molar-refractivity contribution in [3.63, 3.8) is 0 Å². The minimum atomic E-state index is 0.378. The minimum absolute atomic E-state index is 0.378. The Bertz CT molecular complexity index is 1590. The number of rotatable bonds is 15. The summed E-state index contributed by atoms with van der Waals surface area (Å²) in [4.78, 5) is 11.6. The average molecular weight is 658 g/mol. The van der Waals surface area contributed by atoms with E-state index in [1.807, 2.05) is 30.3 Å². The summed E-state index contributed by atoms with van der Waals surface area (Å²) in [6.45, 7) is 4.66. The van der Waals surface area contributed by atoms with E-state index in [2.05, 4.69) is 76.6 Å². The Balaban J connectivity index is 1.45. The maximum absolute atomic E-state index is 6.11. The molecule has 1 aliphatic rings. The van der Waals surface area contributed by atoms with Crippen LogP contribution in [0.4, 0.5) is 11.5 Å². The molecule has 5 rings (SSSR count). The van der Waals surface area contributed by atoms with Gasteiger partial charge in [-0.3, -0.25) is 0 Å². The summed E-state index contributed by atoms with van der Waals surface area (Å²) < 4.78 is 22.5. The van der Waals surface area contributed by atoms with Gasteiger partial charge in [0.1, 0.15) is 25.4 Å². The highest BCUT2D eigenvalue weighted by Crippen LogP contribution is 2.38. The fourth-order valence-electron chi connectivity index (χ4n) is 5.44. The first kappa shape index (κ1) is 33.9. The molecule has 0 radical (unpaired) electrons. The fraction of sp³-hybridized carbons (Fsp3) is 0.405. The first-order valence-corrected chi connectivity index (χ1v) is 17.9. The molecule has 0 aliphatic carbocycles. The summed E-state index contributed by atoms with van der Waals surface area (Å²) in [5.41, 5.74) is 5.04. The molecule has 9 heteroatoms. The van der Waals surface area contributed by atoms with Crippen molar-refractivity contribution in [2.45, 2.75) is 43.2 Å². The van der Waals surface area contributed by atoms with Crippen molar-refractivity contribution in [2.75, 3.05) is 57.1 Å². The molecular formula is C37H43N3O4S2. The number of benzene rings is 3. The largest absolute Gasteiger partial charge is 0.487 e. The first-order valence-electron chi connectivity index (χ1n) is 15.8. The molecule has 0 amide bonds. The van der Waals surface area contributed by atoms with E-state index in [4.69, 9.17) is 30.4 Å². The zero-order chi connectivity index (χ0) is 32.1. The molecule has 3 aromatic carbocycles. The third kappa shape index (κ3) is 9.10. The summed E-state index contributed by atoms with van der Waals surface area (Å²) in [5.74, 6) is 7.28. The van der Waals surface area contributed by atoms with Gasteiger partial charge in [0.05, 0.1) is 18.7 Å². The van der Waals surface area contributed by atoms with Crippen molar-refractivity contribution in [1.29, 1.82) is 0 Å². The number of thioether (sulfide) groups is 2. The smallest absolute Gasteiger partial charge is 0.163 e. The van der Waals surface area contributed by atoms with Crippen LogP contribution in [0.25, 0.3) is 10.9 Å². The van der Waals surface area contributed by atoms with Gasteiger partial charge in [-0.05, 0) is 66.2 Å². The highest BCUT2D eigenvalue weighted by molar-refractivity contribution is 8.04. The van der Waals surface area contributed by atoms with Crippen LogP contribution in [0.2, 0.25) is 0 Å². The van der Waals surface area contributed by atoms with Gasteiger partial charge < -0.3 is 23.8 Å². The van der Waals surface area contributed by atoms with Crippen LogP contribution in [-0.2, 0) is 22.4 Å². The van der Waals surface area contributed by atoms with Gasteiger partial charge in [-0.1, -0.05) is 43.2 Å². The molecule has 1 aliphatic heterocycles. The quantitative estimate of drug-likeness (QED) is 0.0952. The van der Waals surface area contributed by atoms with E-state index in [1.165, 1.54) is 35.5 Å². The summed E-state index contributed by atoms with van der Waals surface area (Å²) in [7, 11) is 3.30. The van der Waals surface area contributed by atoms with Crippen LogP contribution in [0, 0.1) is 12.3 Å². The lowest BCUT2D eigenvalue weighted by Gasteiger charge is -2.26. The summed E-state index contributed by atoms with van der Waals surface area (Å²) in [5, 5.41) is 2.26. The Morgan fingerprint density at radius 3 is 2.33 bits per heavy atom. The van der Waals surface area contributed by atoms with Crippen molar-refractivity contribution in [3.8, 4) is 23.8 Å². The lowest BCUT2D eigenvalue weighted by molar-refractivity contribution is 0.132. The summed E-state index contributed by atoms with van der Waals surface area (Å²) in [6.07, 6.45) is 11.0. The molecule has 7 nitrogen and oxygen atoms in total. The number of anilines is 2. The van der Waals surface area contributed by atoms with Crippen LogP contribution in [0.5, 0.6) is 11.5 Å². The Kier molecular flexibility index (Phi) is 12.9. The predicted octanol–water partition coefficient (Wildman–Crippen LogP) is 7.56. The first-order chi connectivity index (χ1) is 22.6. The number of aryl methyl sites for hydroxylation is 1. The van der Waals surface area contributed by atoms with Crippen LogP contribution in [0.3, 0.4) is 0 Å². The Hall–Kier alpha value is -3.42. The van der Waals surface area contributed by atoms with Gasteiger partial charge in [0, 0.05) is 54.0 Å². The Labute approximate surface area is 281 Å². The van der Waals surface area contributed by atoms with Crippen LogP contribution >= 0.6 is 23.5 Å². The SMILES string of the molecule is C#Cc1cccc(N(Cc2ccc(CC[C@H]3SCCCSC3C)cc2)c2ncnc3cc(OCCOC)c(OCCOC)cc23)c1. The normalized spacial score (nSPS) is 16.5. The zero-order valence-electron chi connectivity index (χ0n) is 26.9. The second-order valence-electron chi connectivity index (χ2n) is 11.2. The molecule has 2 atom stereocenters. The lowest BCUT2D eigenvalue weighted by atomic mass is 10.0. The molecular weight excluding hydrogens is 615 g/mol. The van der Waals surface area contributed by atoms with E-state index >= 15 is 0 Å². The van der Waals surface area contributed by atoms with Gasteiger partial charge in [0.2, 0.25) is 0 Å². The van der Waals surface area contributed by atoms with Crippen molar-refractivity contribution in [1.82, 2.24) is 9.97 Å². The predicted molar refractivity (Wildman–Crippen MR) is 192 cm³/mol. The van der Waals surface area contributed by atoms with Crippen LogP contribution in [0.15, 0.2) is 67.0 Å². The topological polar surface area (TPSA) is 65.9 Å². The molecule has 0 N–H and O–H groups in total. The van der Waals surface area contributed by atoms with Gasteiger partial charge in [-0.25, -0.2) is 9.97 Å². The number of hydrogen-bond donors (Lipinski definition) is 0. The van der Waals surface area contributed by atoms with Crippen molar-refractivity contribution in [2.24, 2.45) is 0 Å². The van der Waals surface area contributed by atoms with Crippen molar-refractivity contribution in [3.05, 3.63) is 83.7 Å². The second kappa shape index (κ2) is 17.5. The monoisotopic (exact) mass is 657 g/mol. The molecule has 46 heavy (non-hydrogen) atoms. The molecule has 1 aromatic heterocycles. The van der Waals surface area contributed by atoms with Gasteiger partial charge >= 0.3 is 0 Å². The van der Waals surface area contributed by atoms with Crippen LogP contribution < -0.4 is 14.4 Å². The number of hydrogen-bond acceptors (Lipinski definition) is 9. The molecule has 0 spiro atoms. The number of nitrogens with zero attached hydrogens (tertiary/aromatic N) is 3. The van der Waals surface area contributed by atoms with Crippen molar-refractivity contribution >= 4 is 45.9 Å². The summed E-state index contributed by atoms with van der Waals surface area (Å²) in [6, 6.07) is 20.9. The summed E-state index contributed by atoms with van der Waals surface area (Å²) >= 11 is 4.28. The molecule has 1 saturated heterocycles. The van der Waals surface area contributed by atoms with Crippen molar-refractivity contribution < 1.29 is 18.9 Å². The fourth-order valence-corrected chi connectivity index (χ4v) is 8.30. The zero-order valence-corrected chi connectivity index (χ0v) is 28.6. The van der Waals surface area contributed by atoms with Gasteiger partial charge in [-0.15, -0.1) is 6.42 Å². The molecule has 2 heterocycles. The number of terminal acetylenes is 1. The number of methoxy groups -OCH3 is 2. The minimum Gasteiger partial charge on any atom is -0.487 e. The van der Waals surface area contributed by atoms with Crippen LogP contribution in [0.1, 0.15) is 36.5 Å². The third-order valence-electron chi connectivity index (χ3n) is 7.96. The van der Waals surface area contributed by atoms with E-state index < -0.39 is 0 Å². The van der Waals surface area contributed by atoms with E-state index in [9.17, 15) is 0 Å². The highest BCUT2D eigenvalue weighted by atomic mass is 32.2. The number of ether oxygens (including phenoxy) is 4. The standard InChI is InChI=1S/C37H43N3O4S2/c1-5-28-8-6-9-31(22-28)40(25-30-12-10-29(11-13-30)14-15-36-27(2)45-20-7-21-46-36)37-32-23-34(43-18-16-41-3)35(44-19-17-42-4)24-33(32)38-26-39-37/h1,6,8-13,22-24,26-27,36H,7,14-21,25H2,2-4H3/t27?,36-/m1/s1. The van der Waals surface area contributed by atoms with E-state index in [-0.39, 0.29) is 0 Å². The lowest BCUT2D eigenvalue weighted by Crippen LogP contribution is -2.19. The van der Waals surface area contributed by atoms with E-state index in [0.717, 1.165) is 34.4 Å². The molecule has 1 unspecified atom stereocenters. The second-order valence-corrected chi connectivity index (χ2v) is 14.0. The van der Waals surface area contributed by atoms with Gasteiger partial charge in [0.15, 0.2) is 11.5 Å².